The Morgan fingerprint density at radius 2 is 1.91 bits per heavy atom. The van der Waals surface area contributed by atoms with E-state index in [-0.39, 0.29) is 0 Å². The Balaban J connectivity index is 2.05. The molecule has 3 heteroatoms. The van der Waals surface area contributed by atoms with Gasteiger partial charge >= 0.3 is 0 Å². The number of hydrogen-bond acceptors (Lipinski definition) is 2. The van der Waals surface area contributed by atoms with Gasteiger partial charge in [-0.25, -0.2) is 4.98 Å². The number of benzene rings is 1. The maximum Gasteiger partial charge on any atom is 0.133 e. The van der Waals surface area contributed by atoms with Crippen LogP contribution in [0.15, 0.2) is 36.5 Å². The van der Waals surface area contributed by atoms with Crippen LogP contribution >= 0.6 is 0 Å². The van der Waals surface area contributed by atoms with Crippen LogP contribution in [0.25, 0.3) is 23.2 Å². The van der Waals surface area contributed by atoms with Gasteiger partial charge in [-0.05, 0) is 67.8 Å². The van der Waals surface area contributed by atoms with E-state index >= 15 is 0 Å². The van der Waals surface area contributed by atoms with Gasteiger partial charge in [-0.1, -0.05) is 19.4 Å². The molecular formula is C20H23N3. The van der Waals surface area contributed by atoms with Crippen LogP contribution in [0.1, 0.15) is 42.4 Å². The standard InChI is InChI=1S/C20H23N3/c1-4-5-12-23-19-14-16(3)15(2)13-18(19)22-20(23)10-9-17-8-6-7-11-21-17/h6-11,13-14H,4-5,12H2,1-3H3/b10-9-. The molecule has 3 rings (SSSR count). The highest BCUT2D eigenvalue weighted by Crippen LogP contribution is 2.22. The fourth-order valence-electron chi connectivity index (χ4n) is 2.71. The molecule has 23 heavy (non-hydrogen) atoms. The monoisotopic (exact) mass is 305 g/mol. The molecule has 0 amide bonds. The lowest BCUT2D eigenvalue weighted by atomic mass is 10.1. The normalized spacial score (nSPS) is 11.6. The molecule has 2 aromatic heterocycles. The average molecular weight is 305 g/mol. The maximum atomic E-state index is 4.83. The third-order valence-corrected chi connectivity index (χ3v) is 4.22. The SMILES string of the molecule is CCCCn1c(/C=C\c2ccccn2)nc2cc(C)c(C)cc21. The maximum absolute atomic E-state index is 4.83. The lowest BCUT2D eigenvalue weighted by Crippen LogP contribution is -2.00. The number of pyridine rings is 1. The lowest BCUT2D eigenvalue weighted by molar-refractivity contribution is 0.641. The molecule has 0 aliphatic carbocycles. The van der Waals surface area contributed by atoms with Gasteiger partial charge in [-0.15, -0.1) is 0 Å². The Labute approximate surface area is 137 Å². The van der Waals surface area contributed by atoms with Crippen LogP contribution in [-0.4, -0.2) is 14.5 Å². The number of hydrogen-bond donors (Lipinski definition) is 0. The van der Waals surface area contributed by atoms with Crippen molar-refractivity contribution >= 4 is 23.2 Å². The zero-order valence-electron chi connectivity index (χ0n) is 14.1. The fourth-order valence-corrected chi connectivity index (χ4v) is 2.71. The summed E-state index contributed by atoms with van der Waals surface area (Å²) in [5.41, 5.74) is 5.86. The molecule has 118 valence electrons. The van der Waals surface area contributed by atoms with E-state index in [1.807, 2.05) is 30.5 Å². The number of aryl methyl sites for hydroxylation is 3. The van der Waals surface area contributed by atoms with Crippen molar-refractivity contribution in [2.24, 2.45) is 0 Å². The first kappa shape index (κ1) is 15.5. The van der Waals surface area contributed by atoms with Gasteiger partial charge < -0.3 is 4.57 Å². The molecule has 1 aromatic carbocycles. The van der Waals surface area contributed by atoms with Gasteiger partial charge in [0.1, 0.15) is 5.82 Å². The molecular weight excluding hydrogens is 282 g/mol. The molecule has 0 N–H and O–H groups in total. The van der Waals surface area contributed by atoms with E-state index in [0.29, 0.717) is 0 Å². The Morgan fingerprint density at radius 1 is 1.09 bits per heavy atom. The molecule has 0 saturated heterocycles. The van der Waals surface area contributed by atoms with Crippen LogP contribution in [0.5, 0.6) is 0 Å². The largest absolute Gasteiger partial charge is 0.324 e. The van der Waals surface area contributed by atoms with E-state index in [0.717, 1.165) is 30.0 Å². The zero-order valence-corrected chi connectivity index (χ0v) is 14.1. The molecule has 0 atom stereocenters. The Bertz CT molecular complexity index is 829. The minimum absolute atomic E-state index is 0.953. The smallest absolute Gasteiger partial charge is 0.133 e. The molecule has 3 nitrogen and oxygen atoms in total. The van der Waals surface area contributed by atoms with E-state index in [2.05, 4.69) is 48.5 Å². The Kier molecular flexibility index (Phi) is 4.56. The number of nitrogens with zero attached hydrogens (tertiary/aromatic N) is 3. The highest BCUT2D eigenvalue weighted by molar-refractivity contribution is 5.81. The van der Waals surface area contributed by atoms with Gasteiger partial charge in [-0.2, -0.15) is 0 Å². The Morgan fingerprint density at radius 3 is 2.65 bits per heavy atom. The Hall–Kier alpha value is -2.42. The number of fused-ring (bicyclic) bond motifs is 1. The molecule has 0 radical (unpaired) electrons. The van der Waals surface area contributed by atoms with E-state index in [1.165, 1.54) is 23.1 Å². The minimum Gasteiger partial charge on any atom is -0.324 e. The molecule has 0 unspecified atom stereocenters. The van der Waals surface area contributed by atoms with E-state index in [4.69, 9.17) is 4.98 Å². The molecule has 0 aliphatic rings. The number of aromatic nitrogens is 3. The third kappa shape index (κ3) is 3.34. The van der Waals surface area contributed by atoms with Gasteiger partial charge in [0.15, 0.2) is 0 Å². The predicted molar refractivity (Wildman–Crippen MR) is 97.3 cm³/mol. The summed E-state index contributed by atoms with van der Waals surface area (Å²) in [6.45, 7) is 7.52. The van der Waals surface area contributed by atoms with Crippen molar-refractivity contribution in [3.63, 3.8) is 0 Å². The summed E-state index contributed by atoms with van der Waals surface area (Å²) in [6, 6.07) is 10.4. The molecule has 0 saturated carbocycles. The summed E-state index contributed by atoms with van der Waals surface area (Å²) < 4.78 is 2.32. The first-order chi connectivity index (χ1) is 11.2. The molecule has 3 aromatic rings. The predicted octanol–water partition coefficient (Wildman–Crippen LogP) is 5.02. The molecule has 0 fully saturated rings. The van der Waals surface area contributed by atoms with Crippen LogP contribution in [0.3, 0.4) is 0 Å². The minimum atomic E-state index is 0.953. The summed E-state index contributed by atoms with van der Waals surface area (Å²) in [4.78, 5) is 9.17. The first-order valence-corrected chi connectivity index (χ1v) is 8.25. The van der Waals surface area contributed by atoms with Gasteiger partial charge in [0, 0.05) is 12.7 Å². The zero-order chi connectivity index (χ0) is 16.2. The van der Waals surface area contributed by atoms with Crippen molar-refractivity contribution < 1.29 is 0 Å². The van der Waals surface area contributed by atoms with Crippen LogP contribution < -0.4 is 0 Å². The van der Waals surface area contributed by atoms with E-state index in [1.54, 1.807) is 0 Å². The average Bonchev–Trinajstić information content (AvgIpc) is 2.89. The topological polar surface area (TPSA) is 30.7 Å². The number of imidazole rings is 1. The molecule has 0 bridgehead atoms. The fraction of sp³-hybridized carbons (Fsp3) is 0.300. The van der Waals surface area contributed by atoms with Gasteiger partial charge in [0.2, 0.25) is 0 Å². The van der Waals surface area contributed by atoms with Gasteiger partial charge in [-0.3, -0.25) is 4.98 Å². The molecule has 0 spiro atoms. The summed E-state index contributed by atoms with van der Waals surface area (Å²) in [5.74, 6) is 1.00. The summed E-state index contributed by atoms with van der Waals surface area (Å²) in [5, 5.41) is 0. The van der Waals surface area contributed by atoms with E-state index < -0.39 is 0 Å². The quantitative estimate of drug-likeness (QED) is 0.662. The molecule has 2 heterocycles. The van der Waals surface area contributed by atoms with E-state index in [9.17, 15) is 0 Å². The molecule has 0 aliphatic heterocycles. The third-order valence-electron chi connectivity index (χ3n) is 4.22. The highest BCUT2D eigenvalue weighted by atomic mass is 15.1. The van der Waals surface area contributed by atoms with Crippen molar-refractivity contribution in [2.75, 3.05) is 0 Å². The van der Waals surface area contributed by atoms with Crippen molar-refractivity contribution in [2.45, 2.75) is 40.2 Å². The second-order valence-corrected chi connectivity index (χ2v) is 5.99. The summed E-state index contributed by atoms with van der Waals surface area (Å²) in [7, 11) is 0. The van der Waals surface area contributed by atoms with Crippen LogP contribution in [-0.2, 0) is 6.54 Å². The number of rotatable bonds is 5. The number of unbranched alkanes of at least 4 members (excludes halogenated alkanes) is 1. The highest BCUT2D eigenvalue weighted by Gasteiger charge is 2.10. The van der Waals surface area contributed by atoms with Crippen molar-refractivity contribution in [3.05, 3.63) is 59.2 Å². The van der Waals surface area contributed by atoms with Crippen molar-refractivity contribution in [1.29, 1.82) is 0 Å². The second kappa shape index (κ2) is 6.78. The van der Waals surface area contributed by atoms with Crippen LogP contribution in [0, 0.1) is 13.8 Å². The second-order valence-electron chi connectivity index (χ2n) is 5.99. The van der Waals surface area contributed by atoms with Crippen LogP contribution in [0.4, 0.5) is 0 Å². The van der Waals surface area contributed by atoms with Crippen LogP contribution in [0.2, 0.25) is 0 Å². The summed E-state index contributed by atoms with van der Waals surface area (Å²) in [6.07, 6.45) is 8.25. The van der Waals surface area contributed by atoms with Crippen molar-refractivity contribution in [3.8, 4) is 0 Å². The lowest BCUT2D eigenvalue weighted by Gasteiger charge is -2.07. The van der Waals surface area contributed by atoms with Gasteiger partial charge in [0.05, 0.1) is 16.7 Å². The van der Waals surface area contributed by atoms with Crippen molar-refractivity contribution in [1.82, 2.24) is 14.5 Å². The van der Waals surface area contributed by atoms with Gasteiger partial charge in [0.25, 0.3) is 0 Å². The first-order valence-electron chi connectivity index (χ1n) is 8.25. The summed E-state index contributed by atoms with van der Waals surface area (Å²) >= 11 is 0.